The lowest BCUT2D eigenvalue weighted by Gasteiger charge is -2.27. The Morgan fingerprint density at radius 3 is 2.31 bits per heavy atom. The van der Waals surface area contributed by atoms with Crippen LogP contribution < -0.4 is 5.32 Å². The van der Waals surface area contributed by atoms with Crippen LogP contribution in [0.1, 0.15) is 34.6 Å². The van der Waals surface area contributed by atoms with Crippen molar-refractivity contribution in [3.8, 4) is 11.1 Å². The minimum Gasteiger partial charge on any atom is -0.479 e. The van der Waals surface area contributed by atoms with Crippen molar-refractivity contribution in [3.05, 3.63) is 93.2 Å². The third-order valence-corrected chi connectivity index (χ3v) is 7.29. The number of carboxylic acids is 1. The first-order valence-corrected chi connectivity index (χ1v) is 11.1. The molecule has 1 unspecified atom stereocenters. The summed E-state index contributed by atoms with van der Waals surface area (Å²) in [7, 11) is 0. The number of amides is 1. The summed E-state index contributed by atoms with van der Waals surface area (Å²) in [5, 5.41) is 12.5. The molecule has 2 aliphatic carbocycles. The van der Waals surface area contributed by atoms with Crippen molar-refractivity contribution in [1.82, 2.24) is 5.32 Å². The van der Waals surface area contributed by atoms with Crippen molar-refractivity contribution in [2.45, 2.75) is 24.3 Å². The second-order valence-electron chi connectivity index (χ2n) is 8.05. The maximum absolute atomic E-state index is 13.9. The van der Waals surface area contributed by atoms with Crippen LogP contribution in [0.25, 0.3) is 11.1 Å². The molecule has 5 rings (SSSR count). The van der Waals surface area contributed by atoms with E-state index in [2.05, 4.69) is 21.2 Å². The minimum absolute atomic E-state index is 0.0789. The van der Waals surface area contributed by atoms with Gasteiger partial charge >= 0.3 is 12.1 Å². The molecule has 0 spiro atoms. The Bertz CT molecular complexity index is 1210. The number of aliphatic carboxylic acids is 1. The maximum Gasteiger partial charge on any atom is 0.408 e. The molecule has 0 saturated carbocycles. The fraction of sp³-hybridized carbons (Fsp3) is 0.200. The predicted molar refractivity (Wildman–Crippen MR) is 120 cm³/mol. The third-order valence-electron chi connectivity index (χ3n) is 6.43. The lowest BCUT2D eigenvalue weighted by molar-refractivity contribution is -0.145. The molecular formula is C25H19BrFNO4. The Hall–Kier alpha value is -3.19. The summed E-state index contributed by atoms with van der Waals surface area (Å²) < 4.78 is 19.7. The fourth-order valence-corrected chi connectivity index (χ4v) is 5.44. The lowest BCUT2D eigenvalue weighted by Crippen LogP contribution is -2.50. The van der Waals surface area contributed by atoms with Crippen molar-refractivity contribution in [3.63, 3.8) is 0 Å². The Labute approximate surface area is 192 Å². The van der Waals surface area contributed by atoms with Crippen molar-refractivity contribution in [2.24, 2.45) is 0 Å². The molecule has 0 aromatic heterocycles. The van der Waals surface area contributed by atoms with Crippen LogP contribution in [0, 0.1) is 5.82 Å². The number of carbonyl (C=O) groups is 2. The zero-order valence-electron chi connectivity index (χ0n) is 16.9. The van der Waals surface area contributed by atoms with E-state index in [4.69, 9.17) is 4.74 Å². The number of fused-ring (bicyclic) bond motifs is 4. The quantitative estimate of drug-likeness (QED) is 0.511. The summed E-state index contributed by atoms with van der Waals surface area (Å²) in [5.74, 6) is -1.80. The molecule has 3 aromatic rings. The van der Waals surface area contributed by atoms with E-state index in [1.165, 1.54) is 12.1 Å². The monoisotopic (exact) mass is 495 g/mol. The Morgan fingerprint density at radius 1 is 1.06 bits per heavy atom. The number of rotatable bonds is 4. The summed E-state index contributed by atoms with van der Waals surface area (Å²) >= 11 is 3.19. The number of alkyl carbamates (subject to hydrolysis) is 1. The number of ether oxygens (including phenoxy) is 1. The summed E-state index contributed by atoms with van der Waals surface area (Å²) in [4.78, 5) is 25.0. The number of carboxylic acid groups (broad SMARTS) is 1. The van der Waals surface area contributed by atoms with Gasteiger partial charge in [-0.05, 0) is 68.2 Å². The molecule has 0 radical (unpaired) electrons. The first-order valence-electron chi connectivity index (χ1n) is 10.3. The largest absolute Gasteiger partial charge is 0.479 e. The van der Waals surface area contributed by atoms with Crippen molar-refractivity contribution >= 4 is 28.0 Å². The van der Waals surface area contributed by atoms with Gasteiger partial charge in [-0.2, -0.15) is 0 Å². The Kier molecular flexibility index (Phi) is 5.01. The standard InChI is InChI=1S/C25H19BrFNO4/c26-22-18-11-12-25(23(29)30,20(18)9-10-21(22)27)28-24(31)32-13-19-16-7-3-1-5-14(16)15-6-2-4-8-17(15)19/h1-10,19H,11-13H2,(H,28,31)(H,29,30). The van der Waals surface area contributed by atoms with Gasteiger partial charge in [-0.25, -0.2) is 14.0 Å². The van der Waals surface area contributed by atoms with Crippen LogP contribution in [0.5, 0.6) is 0 Å². The predicted octanol–water partition coefficient (Wildman–Crippen LogP) is 5.35. The molecule has 2 aliphatic rings. The zero-order valence-corrected chi connectivity index (χ0v) is 18.5. The molecule has 162 valence electrons. The Morgan fingerprint density at radius 2 is 1.69 bits per heavy atom. The van der Waals surface area contributed by atoms with Crippen LogP contribution in [0.2, 0.25) is 0 Å². The van der Waals surface area contributed by atoms with Crippen molar-refractivity contribution < 1.29 is 23.8 Å². The SMILES string of the molecule is O=C(NC1(C(=O)O)CCc2c1ccc(F)c2Br)OCC1c2ccccc2-c2ccccc21. The molecule has 7 heteroatoms. The van der Waals surface area contributed by atoms with Gasteiger partial charge in [0.25, 0.3) is 0 Å². The smallest absolute Gasteiger partial charge is 0.408 e. The van der Waals surface area contributed by atoms with Crippen molar-refractivity contribution in [2.75, 3.05) is 6.61 Å². The Balaban J connectivity index is 1.38. The van der Waals surface area contributed by atoms with Gasteiger partial charge in [-0.15, -0.1) is 0 Å². The molecule has 0 fully saturated rings. The molecule has 32 heavy (non-hydrogen) atoms. The third kappa shape index (κ3) is 3.11. The minimum atomic E-state index is -1.66. The van der Waals surface area contributed by atoms with Crippen LogP contribution in [-0.4, -0.2) is 23.8 Å². The second-order valence-corrected chi connectivity index (χ2v) is 8.84. The van der Waals surface area contributed by atoms with Crippen LogP contribution in [0.15, 0.2) is 65.1 Å². The van der Waals surface area contributed by atoms with E-state index in [9.17, 15) is 19.1 Å². The highest BCUT2D eigenvalue weighted by molar-refractivity contribution is 9.10. The number of nitrogens with one attached hydrogen (secondary N) is 1. The molecule has 0 aliphatic heterocycles. The second kappa shape index (κ2) is 7.74. The van der Waals surface area contributed by atoms with Crippen LogP contribution in [0.4, 0.5) is 9.18 Å². The number of hydrogen-bond acceptors (Lipinski definition) is 3. The first-order chi connectivity index (χ1) is 15.4. The van der Waals surface area contributed by atoms with E-state index < -0.39 is 23.4 Å². The molecule has 0 bridgehead atoms. The maximum atomic E-state index is 13.9. The molecule has 1 amide bonds. The number of carbonyl (C=O) groups excluding carboxylic acids is 1. The van der Waals surface area contributed by atoms with Gasteiger partial charge in [0.1, 0.15) is 12.4 Å². The summed E-state index contributed by atoms with van der Waals surface area (Å²) in [5.41, 5.74) is 3.61. The van der Waals surface area contributed by atoms with Gasteiger partial charge in [0, 0.05) is 5.92 Å². The fourth-order valence-electron chi connectivity index (χ4n) is 4.90. The van der Waals surface area contributed by atoms with E-state index in [1.807, 2.05) is 48.5 Å². The van der Waals surface area contributed by atoms with Gasteiger partial charge in [0.15, 0.2) is 5.54 Å². The first kappa shape index (κ1) is 20.7. The normalized spacial score (nSPS) is 18.6. The van der Waals surface area contributed by atoms with E-state index in [0.717, 1.165) is 22.3 Å². The highest BCUT2D eigenvalue weighted by Crippen LogP contribution is 2.45. The topological polar surface area (TPSA) is 75.6 Å². The molecule has 5 nitrogen and oxygen atoms in total. The highest BCUT2D eigenvalue weighted by Gasteiger charge is 2.48. The van der Waals surface area contributed by atoms with Gasteiger partial charge in [0.05, 0.1) is 4.47 Å². The zero-order chi connectivity index (χ0) is 22.5. The summed E-state index contributed by atoms with van der Waals surface area (Å²) in [6.07, 6.45) is -0.379. The molecule has 0 heterocycles. The summed E-state index contributed by atoms with van der Waals surface area (Å²) in [6.45, 7) is 0.0789. The van der Waals surface area contributed by atoms with Crippen molar-refractivity contribution in [1.29, 1.82) is 0 Å². The number of halogens is 2. The molecular weight excluding hydrogens is 477 g/mol. The molecule has 0 saturated heterocycles. The van der Waals surface area contributed by atoms with Gasteiger partial charge < -0.3 is 15.2 Å². The van der Waals surface area contributed by atoms with Gasteiger partial charge in [-0.3, -0.25) is 0 Å². The molecule has 3 aromatic carbocycles. The van der Waals surface area contributed by atoms with E-state index >= 15 is 0 Å². The average Bonchev–Trinajstić information content (AvgIpc) is 3.32. The van der Waals surface area contributed by atoms with Gasteiger partial charge in [0.2, 0.25) is 0 Å². The average molecular weight is 496 g/mol. The molecule has 2 N–H and O–H groups in total. The summed E-state index contributed by atoms with van der Waals surface area (Å²) in [6, 6.07) is 18.6. The number of benzene rings is 3. The van der Waals surface area contributed by atoms with Gasteiger partial charge in [-0.1, -0.05) is 54.6 Å². The van der Waals surface area contributed by atoms with E-state index in [0.29, 0.717) is 17.5 Å². The molecule has 1 atom stereocenters. The highest BCUT2D eigenvalue weighted by atomic mass is 79.9. The number of hydrogen-bond donors (Lipinski definition) is 2. The van der Waals surface area contributed by atoms with Crippen LogP contribution in [-0.2, 0) is 21.5 Å². The van der Waals surface area contributed by atoms with Crippen LogP contribution in [0.3, 0.4) is 0 Å². The lowest BCUT2D eigenvalue weighted by atomic mass is 9.92. The van der Waals surface area contributed by atoms with E-state index in [1.54, 1.807) is 0 Å². The van der Waals surface area contributed by atoms with Crippen LogP contribution >= 0.6 is 15.9 Å². The van der Waals surface area contributed by atoms with E-state index in [-0.39, 0.29) is 23.4 Å².